The maximum atomic E-state index is 11.1. The molecule has 1 heterocycles. The number of carboxylic acid groups (broad SMARTS) is 1. The highest BCUT2D eigenvalue weighted by Crippen LogP contribution is 2.35. The Morgan fingerprint density at radius 1 is 1.07 bits per heavy atom. The molecule has 0 radical (unpaired) electrons. The molecule has 3 aromatic carbocycles. The number of para-hydroxylation sites is 1. The molecule has 0 atom stereocenters. The molecule has 0 fully saturated rings. The summed E-state index contributed by atoms with van der Waals surface area (Å²) in [6.07, 6.45) is 1.55. The van der Waals surface area contributed by atoms with Gasteiger partial charge in [0.2, 0.25) is 0 Å². The average molecular weight is 422 g/mol. The van der Waals surface area contributed by atoms with E-state index >= 15 is 0 Å². The molecule has 0 aliphatic carbocycles. The van der Waals surface area contributed by atoms with Crippen molar-refractivity contribution >= 4 is 28.5 Å². The summed E-state index contributed by atoms with van der Waals surface area (Å²) in [6, 6.07) is 18.8. The highest BCUT2D eigenvalue weighted by molar-refractivity contribution is 6.32. The third-order valence-corrected chi connectivity index (χ3v) is 5.11. The van der Waals surface area contributed by atoms with Crippen LogP contribution in [0.3, 0.4) is 0 Å². The van der Waals surface area contributed by atoms with Crippen molar-refractivity contribution in [3.8, 4) is 16.9 Å². The number of furan rings is 1. The highest BCUT2D eigenvalue weighted by atomic mass is 35.5. The molecule has 0 spiro atoms. The van der Waals surface area contributed by atoms with Gasteiger partial charge in [-0.05, 0) is 35.4 Å². The van der Waals surface area contributed by atoms with Gasteiger partial charge in [0.25, 0.3) is 0 Å². The number of carboxylic acids is 1. The van der Waals surface area contributed by atoms with Crippen molar-refractivity contribution in [2.24, 2.45) is 5.73 Å². The third-order valence-electron chi connectivity index (χ3n) is 4.89. The lowest BCUT2D eigenvalue weighted by Gasteiger charge is -2.10. The maximum Gasteiger partial charge on any atom is 0.307 e. The van der Waals surface area contributed by atoms with Gasteiger partial charge in [0, 0.05) is 33.6 Å². The summed E-state index contributed by atoms with van der Waals surface area (Å²) in [5, 5.41) is 10.5. The number of hydrogen-bond acceptors (Lipinski definition) is 4. The van der Waals surface area contributed by atoms with Crippen LogP contribution in [0.15, 0.2) is 71.3 Å². The van der Waals surface area contributed by atoms with Crippen molar-refractivity contribution in [2.45, 2.75) is 19.6 Å². The minimum Gasteiger partial charge on any atom is -0.488 e. The molecule has 0 bridgehead atoms. The van der Waals surface area contributed by atoms with Gasteiger partial charge in [0.15, 0.2) is 0 Å². The minimum atomic E-state index is -0.907. The van der Waals surface area contributed by atoms with Crippen LogP contribution in [0.5, 0.6) is 5.75 Å². The summed E-state index contributed by atoms with van der Waals surface area (Å²) in [6.45, 7) is 0.677. The molecular formula is C24H20ClNO4. The van der Waals surface area contributed by atoms with Crippen molar-refractivity contribution < 1.29 is 19.1 Å². The number of carbonyl (C=O) groups is 1. The van der Waals surface area contributed by atoms with Crippen LogP contribution in [0.4, 0.5) is 0 Å². The molecule has 0 amide bonds. The Bertz CT molecular complexity index is 1220. The lowest BCUT2D eigenvalue weighted by atomic mass is 10.0. The number of fused-ring (bicyclic) bond motifs is 1. The van der Waals surface area contributed by atoms with Gasteiger partial charge in [-0.15, -0.1) is 0 Å². The minimum absolute atomic E-state index is 0.101. The van der Waals surface area contributed by atoms with Gasteiger partial charge in [-0.25, -0.2) is 0 Å². The van der Waals surface area contributed by atoms with Crippen LogP contribution in [0.1, 0.15) is 16.7 Å². The van der Waals surface area contributed by atoms with Crippen LogP contribution in [0.2, 0.25) is 5.02 Å². The van der Waals surface area contributed by atoms with E-state index in [-0.39, 0.29) is 13.0 Å². The quantitative estimate of drug-likeness (QED) is 0.416. The standard InChI is InChI=1S/C24H20ClNO4/c25-19-10-20(16-6-3-4-15(8-16)12-26)24-21(11-19)18(14-30-24)13-29-22-7-2-1-5-17(22)9-23(27)28/h1-8,10-11,14H,9,12-13,26H2,(H,27,28). The lowest BCUT2D eigenvalue weighted by Crippen LogP contribution is -2.03. The third kappa shape index (κ3) is 4.17. The van der Waals surface area contributed by atoms with Crippen molar-refractivity contribution in [3.05, 3.63) is 88.6 Å². The Hall–Kier alpha value is -3.28. The summed E-state index contributed by atoms with van der Waals surface area (Å²) >= 11 is 6.40. The molecule has 3 N–H and O–H groups in total. The zero-order chi connectivity index (χ0) is 21.1. The molecule has 152 valence electrons. The van der Waals surface area contributed by atoms with Gasteiger partial charge in [-0.3, -0.25) is 4.79 Å². The van der Waals surface area contributed by atoms with E-state index in [0.29, 0.717) is 28.5 Å². The molecule has 4 aromatic rings. The topological polar surface area (TPSA) is 85.7 Å². The summed E-state index contributed by atoms with van der Waals surface area (Å²) in [5.41, 5.74) is 10.8. The molecular weight excluding hydrogens is 402 g/mol. The summed E-state index contributed by atoms with van der Waals surface area (Å²) < 4.78 is 11.8. The largest absolute Gasteiger partial charge is 0.488 e. The number of nitrogens with two attached hydrogens (primary N) is 1. The van der Waals surface area contributed by atoms with Crippen molar-refractivity contribution in [3.63, 3.8) is 0 Å². The zero-order valence-corrected chi connectivity index (χ0v) is 16.9. The number of hydrogen-bond donors (Lipinski definition) is 2. The van der Waals surface area contributed by atoms with Crippen LogP contribution >= 0.6 is 11.6 Å². The second-order valence-electron chi connectivity index (χ2n) is 6.96. The van der Waals surface area contributed by atoms with E-state index in [1.165, 1.54) is 0 Å². The number of aliphatic carboxylic acids is 1. The molecule has 0 saturated carbocycles. The van der Waals surface area contributed by atoms with Crippen LogP contribution in [0, 0.1) is 0 Å². The monoisotopic (exact) mass is 421 g/mol. The van der Waals surface area contributed by atoms with E-state index < -0.39 is 5.97 Å². The summed E-state index contributed by atoms with van der Waals surface area (Å²) in [4.78, 5) is 11.1. The van der Waals surface area contributed by atoms with Crippen molar-refractivity contribution in [1.82, 2.24) is 0 Å². The van der Waals surface area contributed by atoms with E-state index in [4.69, 9.17) is 31.6 Å². The average Bonchev–Trinajstić information content (AvgIpc) is 3.15. The first-order valence-corrected chi connectivity index (χ1v) is 9.84. The Morgan fingerprint density at radius 3 is 2.70 bits per heavy atom. The molecule has 6 heteroatoms. The van der Waals surface area contributed by atoms with Gasteiger partial charge in [0.05, 0.1) is 12.7 Å². The number of benzene rings is 3. The van der Waals surface area contributed by atoms with Crippen LogP contribution in [-0.4, -0.2) is 11.1 Å². The zero-order valence-electron chi connectivity index (χ0n) is 16.1. The van der Waals surface area contributed by atoms with Crippen LogP contribution < -0.4 is 10.5 Å². The fourth-order valence-electron chi connectivity index (χ4n) is 3.45. The molecule has 0 aliphatic rings. The van der Waals surface area contributed by atoms with Gasteiger partial charge < -0.3 is 20.0 Å². The summed E-state index contributed by atoms with van der Waals surface area (Å²) in [7, 11) is 0. The van der Waals surface area contributed by atoms with E-state index in [9.17, 15) is 4.79 Å². The molecule has 30 heavy (non-hydrogen) atoms. The van der Waals surface area contributed by atoms with E-state index in [1.807, 2.05) is 42.5 Å². The molecule has 5 nitrogen and oxygen atoms in total. The molecule has 1 aromatic heterocycles. The number of ether oxygens (including phenoxy) is 1. The fraction of sp³-hybridized carbons (Fsp3) is 0.125. The van der Waals surface area contributed by atoms with Crippen molar-refractivity contribution in [2.75, 3.05) is 0 Å². The van der Waals surface area contributed by atoms with Gasteiger partial charge in [0.1, 0.15) is 17.9 Å². The number of halogens is 1. The first-order valence-electron chi connectivity index (χ1n) is 9.46. The van der Waals surface area contributed by atoms with E-state index in [1.54, 1.807) is 24.5 Å². The highest BCUT2D eigenvalue weighted by Gasteiger charge is 2.15. The number of rotatable bonds is 7. The lowest BCUT2D eigenvalue weighted by molar-refractivity contribution is -0.136. The predicted molar refractivity (Wildman–Crippen MR) is 117 cm³/mol. The normalized spacial score (nSPS) is 11.0. The van der Waals surface area contributed by atoms with Gasteiger partial charge in [-0.1, -0.05) is 48.0 Å². The molecule has 0 aliphatic heterocycles. The van der Waals surface area contributed by atoms with Crippen molar-refractivity contribution in [1.29, 1.82) is 0 Å². The van der Waals surface area contributed by atoms with E-state index in [0.717, 1.165) is 27.6 Å². The fourth-order valence-corrected chi connectivity index (χ4v) is 3.67. The van der Waals surface area contributed by atoms with Crippen LogP contribution in [0.25, 0.3) is 22.1 Å². The first kappa shape index (κ1) is 20.0. The Labute approximate surface area is 178 Å². The van der Waals surface area contributed by atoms with Gasteiger partial charge in [-0.2, -0.15) is 0 Å². The SMILES string of the molecule is NCc1cccc(-c2cc(Cl)cc3c(COc4ccccc4CC(=O)O)coc23)c1. The van der Waals surface area contributed by atoms with Gasteiger partial charge >= 0.3 is 5.97 Å². The predicted octanol–water partition coefficient (Wildman–Crippen LogP) is 5.42. The summed E-state index contributed by atoms with van der Waals surface area (Å²) in [5.74, 6) is -0.372. The molecule has 0 unspecified atom stereocenters. The molecule has 0 saturated heterocycles. The second kappa shape index (κ2) is 8.61. The van der Waals surface area contributed by atoms with E-state index in [2.05, 4.69) is 0 Å². The molecule has 4 rings (SSSR count). The Morgan fingerprint density at radius 2 is 1.90 bits per heavy atom. The Balaban J connectivity index is 1.67. The maximum absolute atomic E-state index is 11.1. The van der Waals surface area contributed by atoms with Crippen LogP contribution in [-0.2, 0) is 24.4 Å². The Kier molecular flexibility index (Phi) is 5.74. The second-order valence-corrected chi connectivity index (χ2v) is 7.40. The smallest absolute Gasteiger partial charge is 0.307 e. The first-order chi connectivity index (χ1) is 14.5.